The SMILES string of the molecule is O=C(CN(Cc1cccs1)C(=O)CN1C(=O)COc2ccccc21)NC[C@H]1CCCO1. The van der Waals surface area contributed by atoms with Gasteiger partial charge in [0.25, 0.3) is 5.91 Å². The topological polar surface area (TPSA) is 88.2 Å². The van der Waals surface area contributed by atoms with Crippen LogP contribution in [0.4, 0.5) is 5.69 Å². The zero-order chi connectivity index (χ0) is 21.6. The quantitative estimate of drug-likeness (QED) is 0.672. The van der Waals surface area contributed by atoms with E-state index in [4.69, 9.17) is 9.47 Å². The molecule has 9 heteroatoms. The molecule has 3 heterocycles. The van der Waals surface area contributed by atoms with Crippen molar-refractivity contribution in [2.75, 3.05) is 37.7 Å². The van der Waals surface area contributed by atoms with Crippen LogP contribution in [0.5, 0.6) is 5.75 Å². The fraction of sp³-hybridized carbons (Fsp3) is 0.409. The van der Waals surface area contributed by atoms with Crippen molar-refractivity contribution in [2.45, 2.75) is 25.5 Å². The molecule has 1 N–H and O–H groups in total. The van der Waals surface area contributed by atoms with Crippen molar-refractivity contribution in [3.63, 3.8) is 0 Å². The van der Waals surface area contributed by atoms with Crippen LogP contribution in [0.2, 0.25) is 0 Å². The zero-order valence-corrected chi connectivity index (χ0v) is 17.9. The standard InChI is InChI=1S/C22H25N3O5S/c26-20(23-11-16-5-3-9-29-16)13-24(12-17-6-4-10-31-17)21(27)14-25-18-7-1-2-8-19(18)30-15-22(25)28/h1-2,4,6-8,10,16H,3,5,9,11-15H2,(H,23,26)/t16-/m1/s1. The number of carbonyl (C=O) groups is 3. The maximum Gasteiger partial charge on any atom is 0.265 e. The molecule has 2 aliphatic heterocycles. The van der Waals surface area contributed by atoms with Gasteiger partial charge in [-0.05, 0) is 36.4 Å². The Kier molecular flexibility index (Phi) is 6.83. The molecule has 31 heavy (non-hydrogen) atoms. The van der Waals surface area contributed by atoms with E-state index in [2.05, 4.69) is 5.32 Å². The van der Waals surface area contributed by atoms with Crippen LogP contribution >= 0.6 is 11.3 Å². The molecule has 0 spiro atoms. The summed E-state index contributed by atoms with van der Waals surface area (Å²) >= 11 is 1.52. The molecule has 3 amide bonds. The van der Waals surface area contributed by atoms with Crippen LogP contribution in [0.15, 0.2) is 41.8 Å². The molecule has 0 radical (unpaired) electrons. The van der Waals surface area contributed by atoms with Crippen LogP contribution in [-0.2, 0) is 25.7 Å². The lowest BCUT2D eigenvalue weighted by Gasteiger charge is -2.31. The molecule has 1 saturated heterocycles. The van der Waals surface area contributed by atoms with Gasteiger partial charge in [-0.1, -0.05) is 18.2 Å². The lowest BCUT2D eigenvalue weighted by molar-refractivity contribution is -0.136. The molecule has 0 bridgehead atoms. The van der Waals surface area contributed by atoms with Gasteiger partial charge in [0.2, 0.25) is 11.8 Å². The third-order valence-electron chi connectivity index (χ3n) is 5.27. The Labute approximate surface area is 184 Å². The summed E-state index contributed by atoms with van der Waals surface area (Å²) in [5.74, 6) is -0.264. The summed E-state index contributed by atoms with van der Waals surface area (Å²) in [7, 11) is 0. The summed E-state index contributed by atoms with van der Waals surface area (Å²) in [4.78, 5) is 42.0. The van der Waals surface area contributed by atoms with Gasteiger partial charge in [-0.2, -0.15) is 0 Å². The molecule has 164 valence electrons. The number of benzene rings is 1. The van der Waals surface area contributed by atoms with E-state index >= 15 is 0 Å². The third kappa shape index (κ3) is 5.42. The molecular formula is C22H25N3O5S. The molecular weight excluding hydrogens is 418 g/mol. The van der Waals surface area contributed by atoms with Crippen molar-refractivity contribution < 1.29 is 23.9 Å². The fourth-order valence-corrected chi connectivity index (χ4v) is 4.37. The van der Waals surface area contributed by atoms with Gasteiger partial charge in [0.05, 0.1) is 24.9 Å². The third-order valence-corrected chi connectivity index (χ3v) is 6.13. The number of hydrogen-bond acceptors (Lipinski definition) is 6. The molecule has 1 fully saturated rings. The number of para-hydroxylation sites is 2. The first-order valence-corrected chi connectivity index (χ1v) is 11.2. The van der Waals surface area contributed by atoms with E-state index in [-0.39, 0.29) is 43.5 Å². The van der Waals surface area contributed by atoms with E-state index < -0.39 is 0 Å². The monoisotopic (exact) mass is 443 g/mol. The van der Waals surface area contributed by atoms with Gasteiger partial charge < -0.3 is 19.7 Å². The lowest BCUT2D eigenvalue weighted by atomic mass is 10.2. The lowest BCUT2D eigenvalue weighted by Crippen LogP contribution is -2.48. The molecule has 2 aromatic rings. The predicted octanol–water partition coefficient (Wildman–Crippen LogP) is 1.80. The maximum absolute atomic E-state index is 13.2. The minimum Gasteiger partial charge on any atom is -0.482 e. The highest BCUT2D eigenvalue weighted by molar-refractivity contribution is 7.09. The first kappa shape index (κ1) is 21.3. The Bertz CT molecular complexity index is 927. The summed E-state index contributed by atoms with van der Waals surface area (Å²) in [6.07, 6.45) is 1.96. The summed E-state index contributed by atoms with van der Waals surface area (Å²) in [6, 6.07) is 10.9. The second-order valence-electron chi connectivity index (χ2n) is 7.50. The molecule has 4 rings (SSSR count). The first-order valence-electron chi connectivity index (χ1n) is 10.3. The summed E-state index contributed by atoms with van der Waals surface area (Å²) in [5, 5.41) is 4.79. The molecule has 0 saturated carbocycles. The van der Waals surface area contributed by atoms with E-state index in [0.29, 0.717) is 24.5 Å². The number of thiophene rings is 1. The Morgan fingerprint density at radius 2 is 2.10 bits per heavy atom. The molecule has 0 unspecified atom stereocenters. The Morgan fingerprint density at radius 3 is 2.87 bits per heavy atom. The molecule has 1 aromatic carbocycles. The number of hydrogen-bond donors (Lipinski definition) is 1. The summed E-state index contributed by atoms with van der Waals surface area (Å²) in [5.41, 5.74) is 0.561. The Balaban J connectivity index is 1.43. The van der Waals surface area contributed by atoms with Gasteiger partial charge in [-0.15, -0.1) is 11.3 Å². The van der Waals surface area contributed by atoms with Gasteiger partial charge in [0.15, 0.2) is 6.61 Å². The number of ether oxygens (including phenoxy) is 2. The largest absolute Gasteiger partial charge is 0.482 e. The Hall–Kier alpha value is -2.91. The molecule has 1 atom stereocenters. The number of nitrogens with zero attached hydrogens (tertiary/aromatic N) is 2. The van der Waals surface area contributed by atoms with Crippen molar-refractivity contribution in [1.29, 1.82) is 0 Å². The van der Waals surface area contributed by atoms with E-state index in [1.54, 1.807) is 18.2 Å². The highest BCUT2D eigenvalue weighted by atomic mass is 32.1. The molecule has 2 aliphatic rings. The van der Waals surface area contributed by atoms with Gasteiger partial charge in [0.1, 0.15) is 12.3 Å². The van der Waals surface area contributed by atoms with Gasteiger partial charge in [-0.3, -0.25) is 19.3 Å². The normalized spacial score (nSPS) is 17.7. The van der Waals surface area contributed by atoms with E-state index in [1.807, 2.05) is 23.6 Å². The summed E-state index contributed by atoms with van der Waals surface area (Å²) in [6.45, 7) is 1.13. The van der Waals surface area contributed by atoms with Crippen LogP contribution in [0.1, 0.15) is 17.7 Å². The van der Waals surface area contributed by atoms with Crippen molar-refractivity contribution in [3.05, 3.63) is 46.7 Å². The number of fused-ring (bicyclic) bond motifs is 1. The van der Waals surface area contributed by atoms with Crippen LogP contribution < -0.4 is 15.0 Å². The average Bonchev–Trinajstić information content (AvgIpc) is 3.48. The second-order valence-corrected chi connectivity index (χ2v) is 8.54. The van der Waals surface area contributed by atoms with Crippen molar-refractivity contribution in [3.8, 4) is 5.75 Å². The number of amides is 3. The fourth-order valence-electron chi connectivity index (χ4n) is 3.65. The van der Waals surface area contributed by atoms with Gasteiger partial charge in [0, 0.05) is 18.0 Å². The van der Waals surface area contributed by atoms with Gasteiger partial charge >= 0.3 is 0 Å². The second kappa shape index (κ2) is 9.93. The van der Waals surface area contributed by atoms with Crippen LogP contribution in [-0.4, -0.2) is 61.6 Å². The van der Waals surface area contributed by atoms with Crippen LogP contribution in [0, 0.1) is 0 Å². The smallest absolute Gasteiger partial charge is 0.265 e. The zero-order valence-electron chi connectivity index (χ0n) is 17.1. The summed E-state index contributed by atoms with van der Waals surface area (Å²) < 4.78 is 11.0. The van der Waals surface area contributed by atoms with Crippen molar-refractivity contribution >= 4 is 34.7 Å². The maximum atomic E-state index is 13.2. The van der Waals surface area contributed by atoms with Crippen molar-refractivity contribution in [2.24, 2.45) is 0 Å². The average molecular weight is 444 g/mol. The van der Waals surface area contributed by atoms with Crippen LogP contribution in [0.25, 0.3) is 0 Å². The molecule has 1 aromatic heterocycles. The Morgan fingerprint density at radius 1 is 1.23 bits per heavy atom. The van der Waals surface area contributed by atoms with E-state index in [0.717, 1.165) is 24.3 Å². The number of rotatable bonds is 8. The number of carbonyl (C=O) groups excluding carboxylic acids is 3. The number of nitrogens with one attached hydrogen (secondary N) is 1. The van der Waals surface area contributed by atoms with Crippen molar-refractivity contribution in [1.82, 2.24) is 10.2 Å². The number of anilines is 1. The van der Waals surface area contributed by atoms with E-state index in [9.17, 15) is 14.4 Å². The van der Waals surface area contributed by atoms with E-state index in [1.165, 1.54) is 21.1 Å². The molecule has 8 nitrogen and oxygen atoms in total. The van der Waals surface area contributed by atoms with Gasteiger partial charge in [-0.25, -0.2) is 0 Å². The molecule has 0 aliphatic carbocycles. The first-order chi connectivity index (χ1) is 15.1. The minimum absolute atomic E-state index is 0.0351. The minimum atomic E-state index is -0.300. The highest BCUT2D eigenvalue weighted by Gasteiger charge is 2.29. The van der Waals surface area contributed by atoms with Crippen LogP contribution in [0.3, 0.4) is 0 Å². The predicted molar refractivity (Wildman–Crippen MR) is 116 cm³/mol. The highest BCUT2D eigenvalue weighted by Crippen LogP contribution is 2.31.